The molecule has 72 valence electrons. The molecule has 0 radical (unpaired) electrons. The highest BCUT2D eigenvalue weighted by atomic mass is 127. The van der Waals surface area contributed by atoms with Crippen LogP contribution in [0.5, 0.6) is 5.75 Å². The fourth-order valence-electron chi connectivity index (χ4n) is 0.923. The summed E-state index contributed by atoms with van der Waals surface area (Å²) in [4.78, 5) is 2.55. The van der Waals surface area contributed by atoms with Crippen molar-refractivity contribution in [2.75, 3.05) is 6.54 Å². The fraction of sp³-hybridized carbons (Fsp3) is 0.333. The zero-order valence-electron chi connectivity index (χ0n) is 7.26. The van der Waals surface area contributed by atoms with Crippen molar-refractivity contribution in [1.29, 1.82) is 0 Å². The van der Waals surface area contributed by atoms with E-state index in [1.165, 1.54) is 3.57 Å². The number of ether oxygens (including phenoxy) is 1. The molecule has 1 aromatic carbocycles. The average molecular weight is 312 g/mol. The number of halogens is 2. The first kappa shape index (κ1) is 11.1. The molecule has 0 unspecified atom stereocenters. The Hall–Kier alpha value is -0.000000000000000111. The van der Waals surface area contributed by atoms with Crippen molar-refractivity contribution in [3.63, 3.8) is 0 Å². The molecule has 0 saturated heterocycles. The minimum Gasteiger partial charge on any atom is -0.489 e. The van der Waals surface area contributed by atoms with Crippen LogP contribution in [0.4, 0.5) is 0 Å². The third-order valence-corrected chi connectivity index (χ3v) is 2.32. The summed E-state index contributed by atoms with van der Waals surface area (Å²) in [5, 5.41) is 0. The maximum Gasteiger partial charge on any atom is 0.120 e. The summed E-state index contributed by atoms with van der Waals surface area (Å²) in [6, 6.07) is 7.92. The Morgan fingerprint density at radius 2 is 2.38 bits per heavy atom. The Kier molecular flexibility index (Phi) is 4.83. The van der Waals surface area contributed by atoms with Gasteiger partial charge in [0.1, 0.15) is 11.9 Å². The van der Waals surface area contributed by atoms with Gasteiger partial charge in [-0.2, -0.15) is 0 Å². The molecule has 1 atom stereocenters. The van der Waals surface area contributed by atoms with Gasteiger partial charge < -0.3 is 4.74 Å². The third kappa shape index (κ3) is 4.15. The Bertz CT molecular complexity index is 270. The molecular formula is C9H11ClINO. The average Bonchev–Trinajstić information content (AvgIpc) is 2.04. The van der Waals surface area contributed by atoms with Crippen LogP contribution in [0.2, 0.25) is 0 Å². The molecule has 13 heavy (non-hydrogen) atoms. The molecule has 0 spiro atoms. The van der Waals surface area contributed by atoms with Crippen LogP contribution < -0.4 is 9.57 Å². The highest BCUT2D eigenvalue weighted by molar-refractivity contribution is 14.1. The van der Waals surface area contributed by atoms with Gasteiger partial charge in [-0.3, -0.25) is 0 Å². The number of hydrogen-bond acceptors (Lipinski definition) is 2. The van der Waals surface area contributed by atoms with Gasteiger partial charge in [0.15, 0.2) is 0 Å². The summed E-state index contributed by atoms with van der Waals surface area (Å²) in [5.74, 6) is 0.881. The summed E-state index contributed by atoms with van der Waals surface area (Å²) < 4.78 is 6.75. The SMILES string of the molecule is C[C@@H](CNCl)Oc1cccc(I)c1. The van der Waals surface area contributed by atoms with Gasteiger partial charge in [0.2, 0.25) is 0 Å². The highest BCUT2D eigenvalue weighted by Crippen LogP contribution is 2.15. The number of nitrogens with one attached hydrogen (secondary N) is 1. The molecule has 4 heteroatoms. The zero-order chi connectivity index (χ0) is 9.68. The first-order valence-corrected chi connectivity index (χ1v) is 5.44. The second-order valence-electron chi connectivity index (χ2n) is 2.72. The Labute approximate surface area is 96.9 Å². The monoisotopic (exact) mass is 311 g/mol. The number of rotatable bonds is 4. The molecule has 1 rings (SSSR count). The van der Waals surface area contributed by atoms with Gasteiger partial charge in [-0.1, -0.05) is 6.07 Å². The van der Waals surface area contributed by atoms with Crippen molar-refractivity contribution in [1.82, 2.24) is 4.84 Å². The summed E-state index contributed by atoms with van der Waals surface area (Å²) >= 11 is 7.61. The highest BCUT2D eigenvalue weighted by Gasteiger charge is 2.02. The number of benzene rings is 1. The Morgan fingerprint density at radius 1 is 1.62 bits per heavy atom. The molecule has 1 aromatic rings. The third-order valence-electron chi connectivity index (χ3n) is 1.50. The van der Waals surface area contributed by atoms with Crippen LogP contribution in [-0.4, -0.2) is 12.6 Å². The molecule has 1 N–H and O–H groups in total. The van der Waals surface area contributed by atoms with Crippen LogP contribution in [-0.2, 0) is 0 Å². The van der Waals surface area contributed by atoms with E-state index in [0.29, 0.717) is 6.54 Å². The Morgan fingerprint density at radius 3 is 3.00 bits per heavy atom. The predicted octanol–water partition coefficient (Wildman–Crippen LogP) is 2.80. The minimum atomic E-state index is 0.0794. The van der Waals surface area contributed by atoms with Crippen LogP contribution in [0.1, 0.15) is 6.92 Å². The molecule has 0 saturated carbocycles. The van der Waals surface area contributed by atoms with Crippen LogP contribution in [0, 0.1) is 3.57 Å². The fourth-order valence-corrected chi connectivity index (χ4v) is 1.65. The van der Waals surface area contributed by atoms with E-state index in [9.17, 15) is 0 Å². The van der Waals surface area contributed by atoms with E-state index in [2.05, 4.69) is 27.4 Å². The van der Waals surface area contributed by atoms with E-state index >= 15 is 0 Å². The van der Waals surface area contributed by atoms with Gasteiger partial charge in [0, 0.05) is 10.1 Å². The second-order valence-corrected chi connectivity index (χ2v) is 4.24. The Balaban J connectivity index is 2.53. The van der Waals surface area contributed by atoms with E-state index in [4.69, 9.17) is 16.5 Å². The molecule has 0 heterocycles. The first-order valence-electron chi connectivity index (χ1n) is 3.98. The van der Waals surface area contributed by atoms with Crippen molar-refractivity contribution >= 4 is 34.4 Å². The zero-order valence-corrected chi connectivity index (χ0v) is 10.2. The van der Waals surface area contributed by atoms with E-state index in [1.54, 1.807) is 0 Å². The van der Waals surface area contributed by atoms with Gasteiger partial charge in [-0.05, 0) is 59.5 Å². The summed E-state index contributed by atoms with van der Waals surface area (Å²) in [6.07, 6.45) is 0.0794. The number of hydrogen-bond donors (Lipinski definition) is 1. The molecule has 0 amide bonds. The van der Waals surface area contributed by atoms with E-state index in [1.807, 2.05) is 31.2 Å². The van der Waals surface area contributed by atoms with Gasteiger partial charge >= 0.3 is 0 Å². The van der Waals surface area contributed by atoms with Crippen molar-refractivity contribution in [3.8, 4) is 5.75 Å². The quantitative estimate of drug-likeness (QED) is 0.682. The molecular weight excluding hydrogens is 300 g/mol. The molecule has 0 fully saturated rings. The maximum atomic E-state index is 5.58. The molecule has 2 nitrogen and oxygen atoms in total. The van der Waals surface area contributed by atoms with E-state index in [0.717, 1.165) is 5.75 Å². The van der Waals surface area contributed by atoms with Gasteiger partial charge in [-0.25, -0.2) is 4.84 Å². The van der Waals surface area contributed by atoms with Crippen LogP contribution in [0.15, 0.2) is 24.3 Å². The van der Waals surface area contributed by atoms with Crippen LogP contribution >= 0.6 is 34.4 Å². The molecule has 0 bridgehead atoms. The standard InChI is InChI=1S/C9H11ClINO/c1-7(6-12-10)13-9-4-2-3-8(11)5-9/h2-5,7,12H,6H2,1H3/t7-/m0/s1. The lowest BCUT2D eigenvalue weighted by atomic mass is 10.3. The molecule has 0 aliphatic rings. The molecule has 0 aliphatic carbocycles. The lowest BCUT2D eigenvalue weighted by molar-refractivity contribution is 0.225. The van der Waals surface area contributed by atoms with E-state index < -0.39 is 0 Å². The predicted molar refractivity (Wildman–Crippen MR) is 63.1 cm³/mol. The summed E-state index contributed by atoms with van der Waals surface area (Å²) in [6.45, 7) is 2.60. The van der Waals surface area contributed by atoms with Gasteiger partial charge in [-0.15, -0.1) is 0 Å². The lowest BCUT2D eigenvalue weighted by Crippen LogP contribution is -2.23. The van der Waals surface area contributed by atoms with Crippen molar-refractivity contribution in [2.24, 2.45) is 0 Å². The topological polar surface area (TPSA) is 21.3 Å². The van der Waals surface area contributed by atoms with Gasteiger partial charge in [0.25, 0.3) is 0 Å². The largest absolute Gasteiger partial charge is 0.489 e. The minimum absolute atomic E-state index is 0.0794. The smallest absolute Gasteiger partial charge is 0.120 e. The van der Waals surface area contributed by atoms with Crippen LogP contribution in [0.3, 0.4) is 0 Å². The van der Waals surface area contributed by atoms with Crippen molar-refractivity contribution < 1.29 is 4.74 Å². The summed E-state index contributed by atoms with van der Waals surface area (Å²) in [7, 11) is 0. The summed E-state index contributed by atoms with van der Waals surface area (Å²) in [5.41, 5.74) is 0. The first-order chi connectivity index (χ1) is 6.22. The molecule has 0 aliphatic heterocycles. The van der Waals surface area contributed by atoms with Crippen molar-refractivity contribution in [2.45, 2.75) is 13.0 Å². The maximum absolute atomic E-state index is 5.58. The second kappa shape index (κ2) is 5.67. The van der Waals surface area contributed by atoms with Crippen LogP contribution in [0.25, 0.3) is 0 Å². The van der Waals surface area contributed by atoms with E-state index in [-0.39, 0.29) is 6.10 Å². The van der Waals surface area contributed by atoms with Gasteiger partial charge in [0.05, 0.1) is 0 Å². The normalized spacial score (nSPS) is 12.5. The lowest BCUT2D eigenvalue weighted by Gasteiger charge is -2.13. The van der Waals surface area contributed by atoms with Crippen molar-refractivity contribution in [3.05, 3.63) is 27.8 Å². The molecule has 0 aromatic heterocycles.